The predicted octanol–water partition coefficient (Wildman–Crippen LogP) is 1.75. The maximum Gasteiger partial charge on any atom is 0.00239 e. The van der Waals surface area contributed by atoms with Crippen molar-refractivity contribution in [3.63, 3.8) is 0 Å². The maximum absolute atomic E-state index is 2.24. The average Bonchev–Trinajstić information content (AvgIpc) is 1.21. The van der Waals surface area contributed by atoms with Crippen LogP contribution in [0.3, 0.4) is 0 Å². The minimum Gasteiger partial charge on any atom is -0.309 e. The zero-order valence-corrected chi connectivity index (χ0v) is 7.06. The van der Waals surface area contributed by atoms with E-state index in [0.717, 1.165) is 6.54 Å². The Kier molecular flexibility index (Phi) is 4.96. The smallest absolute Gasteiger partial charge is 0.00239 e. The molecule has 0 rings (SSSR count). The normalized spacial score (nSPS) is 11.3. The summed E-state index contributed by atoms with van der Waals surface area (Å²) in [5.74, 6) is 0. The second-order valence-corrected chi connectivity index (χ2v) is 3.80. The summed E-state index contributed by atoms with van der Waals surface area (Å²) in [6, 6.07) is 0. The molecule has 0 fully saturated rings. The molecule has 0 spiro atoms. The third-order valence-corrected chi connectivity index (χ3v) is 0.791. The molecule has 0 radical (unpaired) electrons. The highest BCUT2D eigenvalue weighted by Gasteiger charge is 2.09. The third-order valence-electron chi connectivity index (χ3n) is 0.791. The maximum atomic E-state index is 2.24. The van der Waals surface area contributed by atoms with Crippen LogP contribution in [0.1, 0.15) is 20.8 Å². The molecule has 0 bridgehead atoms. The number of hydrogen-bond acceptors (Lipinski definition) is 1. The fourth-order valence-corrected chi connectivity index (χ4v) is 0.949. The van der Waals surface area contributed by atoms with Gasteiger partial charge in [-0.3, -0.25) is 4.70 Å². The standard InChI is InChI=1S/C7H17N.FH/c1-7(2,3)6-8(4)5;/h6H2,1-5H3;1H. The van der Waals surface area contributed by atoms with Crippen LogP contribution in [0.25, 0.3) is 0 Å². The van der Waals surface area contributed by atoms with Crippen LogP contribution in [0.15, 0.2) is 0 Å². The van der Waals surface area contributed by atoms with Crippen LogP contribution in [0.4, 0.5) is 4.70 Å². The Bertz CT molecular complexity index is 63.8. The highest BCUT2D eigenvalue weighted by molar-refractivity contribution is 4.63. The second-order valence-electron chi connectivity index (χ2n) is 3.80. The molecule has 0 atom stereocenters. The molecular formula is C7H18FN. The number of nitrogens with zero attached hydrogens (tertiary/aromatic N) is 1. The van der Waals surface area contributed by atoms with E-state index in [0.29, 0.717) is 5.41 Å². The first kappa shape index (κ1) is 11.7. The Labute approximate surface area is 57.4 Å². The summed E-state index contributed by atoms with van der Waals surface area (Å²) in [4.78, 5) is 2.21. The molecule has 2 heteroatoms. The molecule has 0 aliphatic rings. The van der Waals surface area contributed by atoms with Crippen molar-refractivity contribution >= 4 is 0 Å². The van der Waals surface area contributed by atoms with Crippen LogP contribution in [-0.2, 0) is 0 Å². The molecule has 0 N–H and O–H groups in total. The lowest BCUT2D eigenvalue weighted by Gasteiger charge is -2.22. The zero-order valence-electron chi connectivity index (χ0n) is 7.06. The molecule has 0 aliphatic carbocycles. The van der Waals surface area contributed by atoms with E-state index in [1.807, 2.05) is 0 Å². The van der Waals surface area contributed by atoms with Crippen molar-refractivity contribution in [3.8, 4) is 0 Å². The van der Waals surface area contributed by atoms with Crippen molar-refractivity contribution in [2.24, 2.45) is 5.41 Å². The Morgan fingerprint density at radius 2 is 1.44 bits per heavy atom. The average molecular weight is 135 g/mol. The largest absolute Gasteiger partial charge is 0.309 e. The highest BCUT2D eigenvalue weighted by Crippen LogP contribution is 2.12. The highest BCUT2D eigenvalue weighted by atomic mass is 19.0. The van der Waals surface area contributed by atoms with Gasteiger partial charge in [-0.1, -0.05) is 20.8 Å². The van der Waals surface area contributed by atoms with E-state index in [-0.39, 0.29) is 4.70 Å². The zero-order chi connectivity index (χ0) is 6.78. The van der Waals surface area contributed by atoms with E-state index in [9.17, 15) is 0 Å². The van der Waals surface area contributed by atoms with Crippen LogP contribution >= 0.6 is 0 Å². The van der Waals surface area contributed by atoms with Crippen LogP contribution in [0, 0.1) is 5.41 Å². The molecule has 0 aromatic heterocycles. The van der Waals surface area contributed by atoms with Crippen molar-refractivity contribution in [2.45, 2.75) is 20.8 Å². The molecule has 0 unspecified atom stereocenters. The van der Waals surface area contributed by atoms with E-state index >= 15 is 0 Å². The van der Waals surface area contributed by atoms with E-state index < -0.39 is 0 Å². The number of rotatable bonds is 1. The molecule has 1 nitrogen and oxygen atoms in total. The van der Waals surface area contributed by atoms with Gasteiger partial charge in [0.15, 0.2) is 0 Å². The van der Waals surface area contributed by atoms with Gasteiger partial charge < -0.3 is 4.90 Å². The van der Waals surface area contributed by atoms with E-state index in [2.05, 4.69) is 39.8 Å². The first-order chi connectivity index (χ1) is 3.42. The van der Waals surface area contributed by atoms with Gasteiger partial charge in [0.05, 0.1) is 0 Å². The lowest BCUT2D eigenvalue weighted by Crippen LogP contribution is -2.25. The Hall–Kier alpha value is -0.110. The van der Waals surface area contributed by atoms with Gasteiger partial charge in [-0.05, 0) is 19.5 Å². The quantitative estimate of drug-likeness (QED) is 0.529. The van der Waals surface area contributed by atoms with E-state index in [1.54, 1.807) is 0 Å². The second kappa shape index (κ2) is 3.83. The monoisotopic (exact) mass is 135 g/mol. The summed E-state index contributed by atoms with van der Waals surface area (Å²) in [5.41, 5.74) is 0.448. The molecule has 0 amide bonds. The molecule has 0 saturated carbocycles. The molecule has 0 saturated heterocycles. The fourth-order valence-electron chi connectivity index (χ4n) is 0.949. The van der Waals surface area contributed by atoms with Crippen molar-refractivity contribution in [1.29, 1.82) is 0 Å². The fraction of sp³-hybridized carbons (Fsp3) is 1.00. The first-order valence-electron chi connectivity index (χ1n) is 3.06. The van der Waals surface area contributed by atoms with Crippen LogP contribution < -0.4 is 0 Å². The first-order valence-corrected chi connectivity index (χ1v) is 3.06. The summed E-state index contributed by atoms with van der Waals surface area (Å²) >= 11 is 0. The van der Waals surface area contributed by atoms with E-state index in [4.69, 9.17) is 0 Å². The summed E-state index contributed by atoms with van der Waals surface area (Å²) in [7, 11) is 4.20. The predicted molar refractivity (Wildman–Crippen MR) is 40.5 cm³/mol. The van der Waals surface area contributed by atoms with E-state index in [1.165, 1.54) is 0 Å². The lowest BCUT2D eigenvalue weighted by atomic mass is 9.97. The molecular weight excluding hydrogens is 117 g/mol. The van der Waals surface area contributed by atoms with Crippen LogP contribution in [-0.4, -0.2) is 25.5 Å². The van der Waals surface area contributed by atoms with Gasteiger partial charge in [-0.25, -0.2) is 0 Å². The van der Waals surface area contributed by atoms with Gasteiger partial charge in [0, 0.05) is 6.54 Å². The SMILES string of the molecule is CN(C)CC(C)(C)C.F. The number of hydrogen-bond donors (Lipinski definition) is 0. The lowest BCUT2D eigenvalue weighted by molar-refractivity contribution is 0.263. The van der Waals surface area contributed by atoms with Crippen molar-refractivity contribution in [2.75, 3.05) is 20.6 Å². The summed E-state index contributed by atoms with van der Waals surface area (Å²) < 4.78 is 0. The summed E-state index contributed by atoms with van der Waals surface area (Å²) in [6.07, 6.45) is 0. The Morgan fingerprint density at radius 3 is 1.44 bits per heavy atom. The Morgan fingerprint density at radius 1 is 1.11 bits per heavy atom. The molecule has 9 heavy (non-hydrogen) atoms. The van der Waals surface area contributed by atoms with Crippen LogP contribution in [0.2, 0.25) is 0 Å². The minimum atomic E-state index is 0. The van der Waals surface area contributed by atoms with Gasteiger partial charge in [-0.15, -0.1) is 0 Å². The molecule has 58 valence electrons. The van der Waals surface area contributed by atoms with Crippen molar-refractivity contribution < 1.29 is 4.70 Å². The van der Waals surface area contributed by atoms with Crippen molar-refractivity contribution in [3.05, 3.63) is 0 Å². The molecule has 0 aromatic rings. The van der Waals surface area contributed by atoms with Crippen molar-refractivity contribution in [1.82, 2.24) is 4.90 Å². The van der Waals surface area contributed by atoms with Gasteiger partial charge in [0.1, 0.15) is 0 Å². The minimum absolute atomic E-state index is 0. The topological polar surface area (TPSA) is 3.24 Å². The van der Waals surface area contributed by atoms with Gasteiger partial charge in [0.2, 0.25) is 0 Å². The summed E-state index contributed by atoms with van der Waals surface area (Å²) in [6.45, 7) is 7.89. The molecule has 0 heterocycles. The molecule has 0 aromatic carbocycles. The van der Waals surface area contributed by atoms with Gasteiger partial charge >= 0.3 is 0 Å². The van der Waals surface area contributed by atoms with Gasteiger partial charge in [-0.2, -0.15) is 0 Å². The van der Waals surface area contributed by atoms with Crippen LogP contribution in [0.5, 0.6) is 0 Å². The Balaban J connectivity index is 0. The molecule has 0 aliphatic heterocycles. The third kappa shape index (κ3) is 11.4. The summed E-state index contributed by atoms with van der Waals surface area (Å²) in [5, 5.41) is 0. The van der Waals surface area contributed by atoms with Gasteiger partial charge in [0.25, 0.3) is 0 Å². The number of halogens is 1.